The molecule has 0 aliphatic heterocycles. The van der Waals surface area contributed by atoms with E-state index >= 15 is 0 Å². The van der Waals surface area contributed by atoms with Crippen LogP contribution in [0.2, 0.25) is 0 Å². The van der Waals surface area contributed by atoms with Gasteiger partial charge in [-0.15, -0.1) is 0 Å². The van der Waals surface area contributed by atoms with Crippen LogP contribution in [-0.2, 0) is 0 Å². The minimum Gasteiger partial charge on any atom is -0.355 e. The Hall–Kier alpha value is -3.39. The summed E-state index contributed by atoms with van der Waals surface area (Å²) < 4.78 is 5.19. The van der Waals surface area contributed by atoms with Gasteiger partial charge in [0, 0.05) is 5.56 Å². The molecule has 5 nitrogen and oxygen atoms in total. The van der Waals surface area contributed by atoms with Crippen LogP contribution >= 0.6 is 0 Å². The van der Waals surface area contributed by atoms with Gasteiger partial charge in [0.15, 0.2) is 5.76 Å². The van der Waals surface area contributed by atoms with Gasteiger partial charge in [0.2, 0.25) is 0 Å². The predicted octanol–water partition coefficient (Wildman–Crippen LogP) is 3.47. The summed E-state index contributed by atoms with van der Waals surface area (Å²) in [7, 11) is 0. The summed E-state index contributed by atoms with van der Waals surface area (Å²) in [4.78, 5) is 12.4. The highest BCUT2D eigenvalue weighted by molar-refractivity contribution is 6.08. The van der Waals surface area contributed by atoms with Crippen molar-refractivity contribution < 1.29 is 9.32 Å². The lowest BCUT2D eigenvalue weighted by atomic mass is 10.1. The van der Waals surface area contributed by atoms with Crippen molar-refractivity contribution in [1.82, 2.24) is 5.16 Å². The van der Waals surface area contributed by atoms with E-state index in [0.717, 1.165) is 5.56 Å². The molecule has 0 saturated carbocycles. The summed E-state index contributed by atoms with van der Waals surface area (Å²) in [5.74, 6) is 0.0235. The van der Waals surface area contributed by atoms with Crippen LogP contribution in [0.15, 0.2) is 65.3 Å². The molecule has 0 saturated heterocycles. The Morgan fingerprint density at radius 3 is 2.59 bits per heavy atom. The van der Waals surface area contributed by atoms with E-state index in [2.05, 4.69) is 10.5 Å². The van der Waals surface area contributed by atoms with Crippen molar-refractivity contribution in [2.24, 2.45) is 0 Å². The second-order valence-electron chi connectivity index (χ2n) is 4.55. The molecule has 1 N–H and O–H groups in total. The van der Waals surface area contributed by atoms with Crippen LogP contribution in [0.4, 0.5) is 5.69 Å². The smallest absolute Gasteiger partial charge is 0.261 e. The Morgan fingerprint density at radius 2 is 1.82 bits per heavy atom. The summed E-state index contributed by atoms with van der Waals surface area (Å²) in [6, 6.07) is 18.1. The van der Waals surface area contributed by atoms with Gasteiger partial charge in [-0.2, -0.15) is 5.26 Å². The Bertz CT molecular complexity index is 848. The summed E-state index contributed by atoms with van der Waals surface area (Å²) in [5.41, 5.74) is 1.93. The number of carbonyl (C=O) groups is 1. The fraction of sp³-hybridized carbons (Fsp3) is 0. The van der Waals surface area contributed by atoms with Gasteiger partial charge >= 0.3 is 0 Å². The molecule has 0 aliphatic carbocycles. The van der Waals surface area contributed by atoms with Crippen LogP contribution in [0, 0.1) is 11.3 Å². The van der Waals surface area contributed by atoms with E-state index in [4.69, 9.17) is 9.78 Å². The number of hydrogen-bond donors (Lipinski definition) is 1. The molecular formula is C17H11N3O2. The Labute approximate surface area is 126 Å². The number of aromatic nitrogens is 1. The SMILES string of the molecule is N#Cc1ccccc1NC(=O)c1cnoc1-c1ccccc1. The molecule has 0 unspecified atom stereocenters. The van der Waals surface area contributed by atoms with Crippen LogP contribution in [0.1, 0.15) is 15.9 Å². The van der Waals surface area contributed by atoms with Crippen molar-refractivity contribution in [2.45, 2.75) is 0 Å². The molecule has 0 bridgehead atoms. The molecule has 1 heterocycles. The monoisotopic (exact) mass is 289 g/mol. The number of carbonyl (C=O) groups excluding carboxylic acids is 1. The fourth-order valence-corrected chi connectivity index (χ4v) is 2.08. The van der Waals surface area contributed by atoms with E-state index in [-0.39, 0.29) is 5.91 Å². The number of nitriles is 1. The zero-order valence-electron chi connectivity index (χ0n) is 11.5. The predicted molar refractivity (Wildman–Crippen MR) is 81.0 cm³/mol. The van der Waals surface area contributed by atoms with Crippen LogP contribution in [-0.4, -0.2) is 11.1 Å². The lowest BCUT2D eigenvalue weighted by molar-refractivity contribution is 0.102. The molecule has 0 aliphatic rings. The van der Waals surface area contributed by atoms with Crippen molar-refractivity contribution in [3.8, 4) is 17.4 Å². The molecule has 106 valence electrons. The summed E-state index contributed by atoms with van der Waals surface area (Å²) in [6.45, 7) is 0. The molecule has 1 amide bonds. The van der Waals surface area contributed by atoms with Crippen molar-refractivity contribution >= 4 is 11.6 Å². The highest BCUT2D eigenvalue weighted by atomic mass is 16.5. The first-order valence-corrected chi connectivity index (χ1v) is 6.60. The van der Waals surface area contributed by atoms with E-state index in [1.807, 2.05) is 36.4 Å². The van der Waals surface area contributed by atoms with Crippen LogP contribution < -0.4 is 5.32 Å². The Balaban J connectivity index is 1.92. The maximum absolute atomic E-state index is 12.4. The summed E-state index contributed by atoms with van der Waals surface area (Å²) in [6.07, 6.45) is 1.37. The van der Waals surface area contributed by atoms with Gasteiger partial charge in [0.05, 0.1) is 17.4 Å². The van der Waals surface area contributed by atoms with Gasteiger partial charge in [-0.1, -0.05) is 47.6 Å². The third kappa shape index (κ3) is 2.58. The number of hydrogen-bond acceptors (Lipinski definition) is 4. The number of benzene rings is 2. The molecule has 0 radical (unpaired) electrons. The van der Waals surface area contributed by atoms with Gasteiger partial charge in [0.25, 0.3) is 5.91 Å². The first-order valence-electron chi connectivity index (χ1n) is 6.60. The number of amides is 1. The topological polar surface area (TPSA) is 78.9 Å². The van der Waals surface area contributed by atoms with Gasteiger partial charge in [-0.05, 0) is 12.1 Å². The summed E-state index contributed by atoms with van der Waals surface area (Å²) >= 11 is 0. The lowest BCUT2D eigenvalue weighted by Gasteiger charge is -2.06. The van der Waals surface area contributed by atoms with Gasteiger partial charge in [0.1, 0.15) is 11.6 Å². The van der Waals surface area contributed by atoms with Crippen molar-refractivity contribution in [3.63, 3.8) is 0 Å². The van der Waals surface area contributed by atoms with Crippen LogP contribution in [0.5, 0.6) is 0 Å². The second kappa shape index (κ2) is 5.94. The molecule has 22 heavy (non-hydrogen) atoms. The number of nitrogens with zero attached hydrogens (tertiary/aromatic N) is 2. The minimum absolute atomic E-state index is 0.318. The van der Waals surface area contributed by atoms with E-state index in [1.54, 1.807) is 24.3 Å². The van der Waals surface area contributed by atoms with E-state index in [0.29, 0.717) is 22.6 Å². The molecule has 0 atom stereocenters. The van der Waals surface area contributed by atoms with E-state index in [9.17, 15) is 4.79 Å². The van der Waals surface area contributed by atoms with Crippen LogP contribution in [0.3, 0.4) is 0 Å². The third-order valence-corrected chi connectivity index (χ3v) is 3.15. The van der Waals surface area contributed by atoms with Crippen LogP contribution in [0.25, 0.3) is 11.3 Å². The number of para-hydroxylation sites is 1. The average Bonchev–Trinajstić information content (AvgIpc) is 3.06. The lowest BCUT2D eigenvalue weighted by Crippen LogP contribution is -2.13. The van der Waals surface area contributed by atoms with E-state index < -0.39 is 0 Å². The van der Waals surface area contributed by atoms with Crippen molar-refractivity contribution in [3.05, 3.63) is 71.9 Å². The third-order valence-electron chi connectivity index (χ3n) is 3.15. The zero-order valence-corrected chi connectivity index (χ0v) is 11.5. The molecule has 2 aromatic carbocycles. The van der Waals surface area contributed by atoms with E-state index in [1.165, 1.54) is 6.20 Å². The van der Waals surface area contributed by atoms with Crippen molar-refractivity contribution in [2.75, 3.05) is 5.32 Å². The number of anilines is 1. The molecule has 3 aromatic rings. The quantitative estimate of drug-likeness (QED) is 0.800. The van der Waals surface area contributed by atoms with Gasteiger partial charge in [-0.25, -0.2) is 0 Å². The first-order chi connectivity index (χ1) is 10.8. The maximum Gasteiger partial charge on any atom is 0.261 e. The molecule has 0 fully saturated rings. The maximum atomic E-state index is 12.4. The number of nitrogens with one attached hydrogen (secondary N) is 1. The normalized spacial score (nSPS) is 9.95. The molecule has 5 heteroatoms. The largest absolute Gasteiger partial charge is 0.355 e. The van der Waals surface area contributed by atoms with Crippen molar-refractivity contribution in [1.29, 1.82) is 5.26 Å². The Morgan fingerprint density at radius 1 is 1.09 bits per heavy atom. The molecule has 3 rings (SSSR count). The molecular weight excluding hydrogens is 278 g/mol. The molecule has 0 spiro atoms. The first kappa shape index (κ1) is 13.6. The highest BCUT2D eigenvalue weighted by Gasteiger charge is 2.18. The fourth-order valence-electron chi connectivity index (χ4n) is 2.08. The highest BCUT2D eigenvalue weighted by Crippen LogP contribution is 2.24. The second-order valence-corrected chi connectivity index (χ2v) is 4.55. The zero-order chi connectivity index (χ0) is 15.4. The standard InChI is InChI=1S/C17H11N3O2/c18-10-13-8-4-5-9-15(13)20-17(21)14-11-19-22-16(14)12-6-2-1-3-7-12/h1-9,11H,(H,20,21). The Kier molecular flexibility index (Phi) is 3.67. The average molecular weight is 289 g/mol. The summed E-state index contributed by atoms with van der Waals surface area (Å²) in [5, 5.41) is 15.5. The number of rotatable bonds is 3. The van der Waals surface area contributed by atoms with Gasteiger partial charge < -0.3 is 9.84 Å². The minimum atomic E-state index is -0.372. The molecule has 1 aromatic heterocycles. The van der Waals surface area contributed by atoms with Gasteiger partial charge in [-0.3, -0.25) is 4.79 Å².